The average molecular weight is 473 g/mol. The SMILES string of the molecule is CCN1CCC(CNC(=O)c2ccc(NC3=NCC45CC(=O)C(C)C=NC4=CC=CC5=N3)cc2)C1. The van der Waals surface area contributed by atoms with Gasteiger partial charge in [0.15, 0.2) is 0 Å². The Hall–Kier alpha value is -3.39. The molecule has 35 heavy (non-hydrogen) atoms. The maximum Gasteiger partial charge on any atom is 0.251 e. The first-order chi connectivity index (χ1) is 17.0. The van der Waals surface area contributed by atoms with Crippen LogP contribution in [0.1, 0.15) is 37.0 Å². The number of ketones is 1. The number of guanidine groups is 1. The number of nitrogens with one attached hydrogen (secondary N) is 2. The first-order valence-corrected chi connectivity index (χ1v) is 12.4. The van der Waals surface area contributed by atoms with E-state index < -0.39 is 5.41 Å². The number of benzene rings is 1. The second-order valence-corrected chi connectivity index (χ2v) is 9.80. The van der Waals surface area contributed by atoms with Crippen molar-refractivity contribution >= 4 is 35.3 Å². The summed E-state index contributed by atoms with van der Waals surface area (Å²) in [6.45, 7) is 8.41. The topological polar surface area (TPSA) is 98.5 Å². The van der Waals surface area contributed by atoms with Gasteiger partial charge in [-0.15, -0.1) is 0 Å². The molecule has 1 aromatic carbocycles. The number of rotatable bonds is 5. The Bertz CT molecular complexity index is 1160. The molecule has 1 amide bonds. The molecule has 0 aromatic heterocycles. The van der Waals surface area contributed by atoms with Crippen LogP contribution >= 0.6 is 0 Å². The molecule has 1 aliphatic carbocycles. The maximum atomic E-state index is 12.6. The van der Waals surface area contributed by atoms with Gasteiger partial charge in [0.05, 0.1) is 29.3 Å². The van der Waals surface area contributed by atoms with Gasteiger partial charge < -0.3 is 15.5 Å². The van der Waals surface area contributed by atoms with Gasteiger partial charge in [0.1, 0.15) is 5.78 Å². The van der Waals surface area contributed by atoms with E-state index in [9.17, 15) is 9.59 Å². The number of Topliss-reactive ketones (excluding diaryl/α,β-unsaturated/α-hetero) is 1. The standard InChI is InChI=1S/C27H32N6O2/c1-3-33-12-11-19(16-33)15-29-25(35)20-7-9-21(10-8-20)31-26-30-17-27-13-22(34)18(2)14-28-23(27)5-4-6-24(27)32-26/h4-10,14,18-19H,3,11-13,15-17H2,1-2H3,(H,29,35)(H,30,31). The summed E-state index contributed by atoms with van der Waals surface area (Å²) in [7, 11) is 0. The summed E-state index contributed by atoms with van der Waals surface area (Å²) in [5.74, 6) is 0.900. The molecule has 3 heterocycles. The highest BCUT2D eigenvalue weighted by molar-refractivity contribution is 6.15. The fourth-order valence-electron chi connectivity index (χ4n) is 5.09. The summed E-state index contributed by atoms with van der Waals surface area (Å²) < 4.78 is 0. The first-order valence-electron chi connectivity index (χ1n) is 12.4. The summed E-state index contributed by atoms with van der Waals surface area (Å²) in [6.07, 6.45) is 9.02. The van der Waals surface area contributed by atoms with Gasteiger partial charge in [0.25, 0.3) is 5.91 Å². The summed E-state index contributed by atoms with van der Waals surface area (Å²) in [5, 5.41) is 6.32. The van der Waals surface area contributed by atoms with Crippen LogP contribution in [0.25, 0.3) is 0 Å². The van der Waals surface area contributed by atoms with E-state index in [1.165, 1.54) is 0 Å². The number of nitrogens with zero attached hydrogens (tertiary/aromatic N) is 4. The second-order valence-electron chi connectivity index (χ2n) is 9.80. The molecule has 0 saturated carbocycles. The van der Waals surface area contributed by atoms with E-state index >= 15 is 0 Å². The average Bonchev–Trinajstić information content (AvgIpc) is 3.30. The number of carbonyl (C=O) groups excluding carboxylic acids is 2. The number of hydrogen-bond acceptors (Lipinski definition) is 7. The molecule has 3 unspecified atom stereocenters. The minimum atomic E-state index is -0.590. The highest BCUT2D eigenvalue weighted by atomic mass is 16.1. The van der Waals surface area contributed by atoms with Crippen LogP contribution in [0.3, 0.4) is 0 Å². The van der Waals surface area contributed by atoms with Crippen molar-refractivity contribution in [3.05, 3.63) is 53.8 Å². The van der Waals surface area contributed by atoms with Crippen molar-refractivity contribution in [1.82, 2.24) is 10.2 Å². The number of amides is 1. The Morgan fingerprint density at radius 3 is 2.86 bits per heavy atom. The van der Waals surface area contributed by atoms with Crippen molar-refractivity contribution < 1.29 is 9.59 Å². The van der Waals surface area contributed by atoms with Crippen molar-refractivity contribution in [3.8, 4) is 0 Å². The molecule has 8 heteroatoms. The van der Waals surface area contributed by atoms with E-state index in [0.29, 0.717) is 37.0 Å². The Labute approximate surface area is 206 Å². The lowest BCUT2D eigenvalue weighted by Gasteiger charge is -2.35. The molecule has 0 bridgehead atoms. The largest absolute Gasteiger partial charge is 0.352 e. The van der Waals surface area contributed by atoms with E-state index in [-0.39, 0.29) is 17.6 Å². The zero-order valence-corrected chi connectivity index (χ0v) is 20.3. The Morgan fingerprint density at radius 2 is 2.09 bits per heavy atom. The molecule has 8 nitrogen and oxygen atoms in total. The molecule has 1 spiro atoms. The smallest absolute Gasteiger partial charge is 0.251 e. The van der Waals surface area contributed by atoms with E-state index in [2.05, 4.69) is 32.4 Å². The monoisotopic (exact) mass is 472 g/mol. The van der Waals surface area contributed by atoms with Crippen LogP contribution < -0.4 is 10.6 Å². The van der Waals surface area contributed by atoms with Crippen molar-refractivity contribution in [3.63, 3.8) is 0 Å². The zero-order valence-electron chi connectivity index (χ0n) is 20.3. The number of anilines is 1. The molecule has 4 aliphatic rings. The number of likely N-dealkylation sites (tertiary alicyclic amines) is 1. The number of allylic oxidation sites excluding steroid dienone is 3. The number of hydrogen-bond donors (Lipinski definition) is 2. The molecule has 2 N–H and O–H groups in total. The zero-order chi connectivity index (χ0) is 24.4. The molecular weight excluding hydrogens is 440 g/mol. The first kappa shape index (κ1) is 23.4. The van der Waals surface area contributed by atoms with Gasteiger partial charge in [0, 0.05) is 37.0 Å². The Kier molecular flexibility index (Phi) is 6.47. The van der Waals surface area contributed by atoms with Gasteiger partial charge in [-0.25, -0.2) is 9.98 Å². The van der Waals surface area contributed by atoms with Gasteiger partial charge >= 0.3 is 0 Å². The fourth-order valence-corrected chi connectivity index (χ4v) is 5.09. The second kappa shape index (κ2) is 9.70. The van der Waals surface area contributed by atoms with Crippen LogP contribution in [0.5, 0.6) is 0 Å². The van der Waals surface area contributed by atoms with E-state index in [1.54, 1.807) is 6.21 Å². The molecule has 1 aromatic rings. The Balaban J connectivity index is 1.22. The quantitative estimate of drug-likeness (QED) is 0.688. The van der Waals surface area contributed by atoms with Gasteiger partial charge in [-0.1, -0.05) is 19.9 Å². The third-order valence-electron chi connectivity index (χ3n) is 7.41. The summed E-state index contributed by atoms with van der Waals surface area (Å²) in [6, 6.07) is 7.34. The molecular formula is C27H32N6O2. The van der Waals surface area contributed by atoms with Crippen LogP contribution in [-0.4, -0.2) is 67.2 Å². The van der Waals surface area contributed by atoms with Crippen molar-refractivity contribution in [1.29, 1.82) is 0 Å². The third kappa shape index (κ3) is 4.75. The Morgan fingerprint density at radius 1 is 1.26 bits per heavy atom. The van der Waals surface area contributed by atoms with Crippen molar-refractivity contribution in [2.75, 3.05) is 38.0 Å². The molecule has 5 rings (SSSR count). The number of aliphatic imine (C=N–C) groups is 3. The number of carbonyl (C=O) groups is 2. The van der Waals surface area contributed by atoms with Crippen LogP contribution in [0.15, 0.2) is 63.2 Å². The summed E-state index contributed by atoms with van der Waals surface area (Å²) in [5.41, 5.74) is 2.49. The lowest BCUT2D eigenvalue weighted by molar-refractivity contribution is -0.121. The van der Waals surface area contributed by atoms with E-state index in [4.69, 9.17) is 4.99 Å². The molecule has 3 atom stereocenters. The van der Waals surface area contributed by atoms with Gasteiger partial charge in [-0.05, 0) is 61.8 Å². The minimum Gasteiger partial charge on any atom is -0.352 e. The van der Waals surface area contributed by atoms with E-state index in [1.807, 2.05) is 49.4 Å². The highest BCUT2D eigenvalue weighted by Crippen LogP contribution is 2.41. The lowest BCUT2D eigenvalue weighted by atomic mass is 9.72. The summed E-state index contributed by atoms with van der Waals surface area (Å²) >= 11 is 0. The van der Waals surface area contributed by atoms with Gasteiger partial charge in [0.2, 0.25) is 5.96 Å². The highest BCUT2D eigenvalue weighted by Gasteiger charge is 2.45. The van der Waals surface area contributed by atoms with Crippen molar-refractivity contribution in [2.24, 2.45) is 32.2 Å². The molecule has 182 valence electrons. The predicted octanol–water partition coefficient (Wildman–Crippen LogP) is 3.10. The molecule has 3 aliphatic heterocycles. The fraction of sp³-hybridized carbons (Fsp3) is 0.444. The lowest BCUT2D eigenvalue weighted by Crippen LogP contribution is -2.42. The van der Waals surface area contributed by atoms with Crippen LogP contribution in [0.2, 0.25) is 0 Å². The van der Waals surface area contributed by atoms with Crippen LogP contribution in [0.4, 0.5) is 5.69 Å². The van der Waals surface area contributed by atoms with Gasteiger partial charge in [-0.2, -0.15) is 0 Å². The normalized spacial score (nSPS) is 27.8. The predicted molar refractivity (Wildman–Crippen MR) is 139 cm³/mol. The van der Waals surface area contributed by atoms with Crippen molar-refractivity contribution in [2.45, 2.75) is 26.7 Å². The van der Waals surface area contributed by atoms with Gasteiger partial charge in [-0.3, -0.25) is 14.6 Å². The molecule has 1 fully saturated rings. The minimum absolute atomic E-state index is 0.0526. The third-order valence-corrected chi connectivity index (χ3v) is 7.41. The van der Waals surface area contributed by atoms with Crippen LogP contribution in [-0.2, 0) is 4.79 Å². The van der Waals surface area contributed by atoms with Crippen LogP contribution in [0, 0.1) is 17.3 Å². The van der Waals surface area contributed by atoms with E-state index in [0.717, 1.165) is 43.2 Å². The molecule has 0 radical (unpaired) electrons. The molecule has 1 saturated heterocycles. The summed E-state index contributed by atoms with van der Waals surface area (Å²) in [4.78, 5) is 41.6. The maximum absolute atomic E-state index is 12.6.